The first kappa shape index (κ1) is 13.0. The number of anilines is 1. The molecule has 0 spiro atoms. The second-order valence-electron chi connectivity index (χ2n) is 4.13. The van der Waals surface area contributed by atoms with Crippen molar-refractivity contribution in [3.8, 4) is 0 Å². The minimum Gasteiger partial charge on any atom is -0.398 e. The second kappa shape index (κ2) is 5.32. The maximum Gasteiger partial charge on any atom is 0.0507 e. The van der Waals surface area contributed by atoms with Gasteiger partial charge in [0.25, 0.3) is 0 Å². The van der Waals surface area contributed by atoms with Crippen LogP contribution in [0, 0.1) is 5.92 Å². The Morgan fingerprint density at radius 1 is 1.27 bits per heavy atom. The summed E-state index contributed by atoms with van der Waals surface area (Å²) in [7, 11) is 0. The van der Waals surface area contributed by atoms with Crippen LogP contribution >= 0.6 is 31.9 Å². The summed E-state index contributed by atoms with van der Waals surface area (Å²) >= 11 is 6.86. The number of benzene rings is 1. The van der Waals surface area contributed by atoms with Crippen LogP contribution < -0.4 is 11.5 Å². The Labute approximate surface area is 108 Å². The van der Waals surface area contributed by atoms with Gasteiger partial charge in [-0.05, 0) is 46.0 Å². The molecule has 0 unspecified atom stereocenters. The molecule has 0 aliphatic rings. The van der Waals surface area contributed by atoms with E-state index in [2.05, 4.69) is 45.7 Å². The summed E-state index contributed by atoms with van der Waals surface area (Å²) in [5.74, 6) is 0.567. The molecule has 0 radical (unpaired) electrons. The summed E-state index contributed by atoms with van der Waals surface area (Å²) in [6.07, 6.45) is 0.938. The molecule has 0 saturated heterocycles. The zero-order valence-electron chi connectivity index (χ0n) is 8.93. The largest absolute Gasteiger partial charge is 0.398 e. The van der Waals surface area contributed by atoms with Crippen LogP contribution in [-0.4, -0.2) is 0 Å². The van der Waals surface area contributed by atoms with E-state index in [1.165, 1.54) is 0 Å². The van der Waals surface area contributed by atoms with Crippen molar-refractivity contribution in [3.63, 3.8) is 0 Å². The predicted molar refractivity (Wildman–Crippen MR) is 72.6 cm³/mol. The third-order valence-corrected chi connectivity index (χ3v) is 3.37. The number of hydrogen-bond donors (Lipinski definition) is 2. The fraction of sp³-hybridized carbons (Fsp3) is 0.455. The van der Waals surface area contributed by atoms with Crippen molar-refractivity contribution in [2.24, 2.45) is 11.7 Å². The Morgan fingerprint density at radius 3 is 2.40 bits per heavy atom. The lowest BCUT2D eigenvalue weighted by atomic mass is 9.97. The first-order valence-electron chi connectivity index (χ1n) is 4.91. The number of halogens is 2. The van der Waals surface area contributed by atoms with E-state index in [9.17, 15) is 0 Å². The highest BCUT2D eigenvalue weighted by molar-refractivity contribution is 9.11. The molecule has 0 bridgehead atoms. The molecule has 1 rings (SSSR count). The SMILES string of the molecule is CC(C)C[C@H](N)c1cc(Br)cc(Br)c1N. The highest BCUT2D eigenvalue weighted by Crippen LogP contribution is 2.33. The molecule has 0 aliphatic carbocycles. The molecule has 0 fully saturated rings. The quantitative estimate of drug-likeness (QED) is 0.824. The van der Waals surface area contributed by atoms with Crippen LogP contribution in [0.1, 0.15) is 31.9 Å². The monoisotopic (exact) mass is 334 g/mol. The van der Waals surface area contributed by atoms with Crippen LogP contribution in [0.3, 0.4) is 0 Å². The molecule has 0 amide bonds. The number of nitrogen functional groups attached to an aromatic ring is 1. The molecule has 1 aromatic carbocycles. The molecule has 1 aromatic rings. The van der Waals surface area contributed by atoms with Crippen molar-refractivity contribution >= 4 is 37.5 Å². The molecule has 0 aromatic heterocycles. The van der Waals surface area contributed by atoms with Crippen LogP contribution in [0.2, 0.25) is 0 Å². The third-order valence-electron chi connectivity index (χ3n) is 2.25. The highest BCUT2D eigenvalue weighted by Gasteiger charge is 2.14. The molecule has 0 heterocycles. The normalized spacial score (nSPS) is 13.2. The Bertz CT molecular complexity index is 351. The van der Waals surface area contributed by atoms with Crippen molar-refractivity contribution in [2.45, 2.75) is 26.3 Å². The summed E-state index contributed by atoms with van der Waals surface area (Å²) in [6, 6.07) is 3.92. The van der Waals surface area contributed by atoms with Crippen molar-refractivity contribution in [1.29, 1.82) is 0 Å². The lowest BCUT2D eigenvalue weighted by molar-refractivity contribution is 0.510. The van der Waals surface area contributed by atoms with E-state index >= 15 is 0 Å². The average molecular weight is 336 g/mol. The maximum atomic E-state index is 6.11. The van der Waals surface area contributed by atoms with Crippen LogP contribution in [0.5, 0.6) is 0 Å². The fourth-order valence-electron chi connectivity index (χ4n) is 1.55. The zero-order chi connectivity index (χ0) is 11.6. The van der Waals surface area contributed by atoms with Gasteiger partial charge in [0.2, 0.25) is 0 Å². The van der Waals surface area contributed by atoms with E-state index in [0.717, 1.165) is 26.6 Å². The molecule has 84 valence electrons. The van der Waals surface area contributed by atoms with E-state index in [-0.39, 0.29) is 6.04 Å². The zero-order valence-corrected chi connectivity index (χ0v) is 12.1. The van der Waals surface area contributed by atoms with Gasteiger partial charge in [-0.1, -0.05) is 29.8 Å². The summed E-state index contributed by atoms with van der Waals surface area (Å²) in [5.41, 5.74) is 13.8. The molecule has 1 atom stereocenters. The van der Waals surface area contributed by atoms with Crippen LogP contribution in [0.4, 0.5) is 5.69 Å². The van der Waals surface area contributed by atoms with Gasteiger partial charge >= 0.3 is 0 Å². The number of nitrogens with two attached hydrogens (primary N) is 2. The number of hydrogen-bond acceptors (Lipinski definition) is 2. The van der Waals surface area contributed by atoms with Crippen molar-refractivity contribution < 1.29 is 0 Å². The van der Waals surface area contributed by atoms with Gasteiger partial charge in [0.05, 0.1) is 5.69 Å². The first-order chi connectivity index (χ1) is 6.91. The summed E-state index contributed by atoms with van der Waals surface area (Å²) < 4.78 is 1.89. The molecule has 0 aliphatic heterocycles. The van der Waals surface area contributed by atoms with Gasteiger partial charge in [-0.2, -0.15) is 0 Å². The van der Waals surface area contributed by atoms with Crippen LogP contribution in [-0.2, 0) is 0 Å². The highest BCUT2D eigenvalue weighted by atomic mass is 79.9. The Balaban J connectivity index is 3.02. The van der Waals surface area contributed by atoms with E-state index in [1.54, 1.807) is 0 Å². The predicted octanol–water partition coefficient (Wildman–Crippen LogP) is 3.84. The summed E-state index contributed by atoms with van der Waals surface area (Å²) in [4.78, 5) is 0. The number of rotatable bonds is 3. The van der Waals surface area contributed by atoms with Crippen molar-refractivity contribution in [3.05, 3.63) is 26.6 Å². The topological polar surface area (TPSA) is 52.0 Å². The molecule has 15 heavy (non-hydrogen) atoms. The third kappa shape index (κ3) is 3.47. The molecule has 2 nitrogen and oxygen atoms in total. The summed E-state index contributed by atoms with van der Waals surface area (Å²) in [5, 5.41) is 0. The average Bonchev–Trinajstić information content (AvgIpc) is 2.09. The standard InChI is InChI=1S/C11H16Br2N2/c1-6(2)3-10(14)8-4-7(12)5-9(13)11(8)15/h4-6,10H,3,14-15H2,1-2H3/t10-/m0/s1. The van der Waals surface area contributed by atoms with Crippen LogP contribution in [0.25, 0.3) is 0 Å². The Kier molecular flexibility index (Phi) is 4.62. The van der Waals surface area contributed by atoms with Gasteiger partial charge in [-0.15, -0.1) is 0 Å². The summed E-state index contributed by atoms with van der Waals surface area (Å²) in [6.45, 7) is 4.31. The van der Waals surface area contributed by atoms with Gasteiger partial charge in [-0.25, -0.2) is 0 Å². The maximum absolute atomic E-state index is 6.11. The van der Waals surface area contributed by atoms with Gasteiger partial charge in [0, 0.05) is 15.0 Å². The van der Waals surface area contributed by atoms with E-state index in [4.69, 9.17) is 11.5 Å². The smallest absolute Gasteiger partial charge is 0.0507 e. The van der Waals surface area contributed by atoms with Crippen molar-refractivity contribution in [1.82, 2.24) is 0 Å². The fourth-order valence-corrected chi connectivity index (χ4v) is 2.80. The van der Waals surface area contributed by atoms with E-state index in [1.807, 2.05) is 12.1 Å². The van der Waals surface area contributed by atoms with Gasteiger partial charge in [0.1, 0.15) is 0 Å². The molecular weight excluding hydrogens is 320 g/mol. The molecule has 4 heteroatoms. The minimum atomic E-state index is -0.00111. The lowest BCUT2D eigenvalue weighted by Crippen LogP contribution is -2.15. The van der Waals surface area contributed by atoms with Gasteiger partial charge in [-0.3, -0.25) is 0 Å². The Hall–Kier alpha value is -0.0600. The molecule has 0 saturated carbocycles. The van der Waals surface area contributed by atoms with E-state index in [0.29, 0.717) is 5.92 Å². The molecular formula is C11H16Br2N2. The van der Waals surface area contributed by atoms with Crippen LogP contribution in [0.15, 0.2) is 21.1 Å². The Morgan fingerprint density at radius 2 is 1.87 bits per heavy atom. The molecule has 4 N–H and O–H groups in total. The van der Waals surface area contributed by atoms with Gasteiger partial charge < -0.3 is 11.5 Å². The van der Waals surface area contributed by atoms with Gasteiger partial charge in [0.15, 0.2) is 0 Å². The minimum absolute atomic E-state index is 0.00111. The first-order valence-corrected chi connectivity index (χ1v) is 6.50. The second-order valence-corrected chi connectivity index (χ2v) is 5.90. The lowest BCUT2D eigenvalue weighted by Gasteiger charge is -2.17. The van der Waals surface area contributed by atoms with Crippen molar-refractivity contribution in [2.75, 3.05) is 5.73 Å². The van der Waals surface area contributed by atoms with E-state index < -0.39 is 0 Å².